The molecular formula is C18H23N5O9. The molecule has 9 atom stereocenters. The van der Waals surface area contributed by atoms with Crippen LogP contribution in [0.3, 0.4) is 0 Å². The number of hydrogen-bond acceptors (Lipinski definition) is 13. The number of hydrogen-bond donors (Lipinski definition) is 4. The molecule has 1 unspecified atom stereocenters. The fourth-order valence-corrected chi connectivity index (χ4v) is 4.64. The number of anilines is 1. The Hall–Kier alpha value is -2.46. The number of imidazole rings is 1. The number of nitrogen functional groups attached to an aromatic ring is 1. The number of aromatic nitrogens is 4. The maximum Gasteiger partial charge on any atom is 0.337 e. The summed E-state index contributed by atoms with van der Waals surface area (Å²) in [6, 6.07) is 0. The Morgan fingerprint density at radius 3 is 2.78 bits per heavy atom. The van der Waals surface area contributed by atoms with Crippen molar-refractivity contribution in [3.05, 3.63) is 12.7 Å². The van der Waals surface area contributed by atoms with Crippen molar-refractivity contribution in [2.24, 2.45) is 0 Å². The summed E-state index contributed by atoms with van der Waals surface area (Å²) >= 11 is 0. The fourth-order valence-electron chi connectivity index (χ4n) is 4.64. The molecule has 0 saturated carbocycles. The average molecular weight is 453 g/mol. The predicted molar refractivity (Wildman–Crippen MR) is 102 cm³/mol. The van der Waals surface area contributed by atoms with Crippen molar-refractivity contribution in [3.63, 3.8) is 0 Å². The molecule has 0 aromatic carbocycles. The van der Waals surface area contributed by atoms with Gasteiger partial charge in [-0.05, 0) is 0 Å². The van der Waals surface area contributed by atoms with Crippen LogP contribution < -0.4 is 5.73 Å². The fraction of sp³-hybridized carbons (Fsp3) is 0.667. The molecule has 3 aliphatic rings. The van der Waals surface area contributed by atoms with Gasteiger partial charge in [0.05, 0.1) is 19.5 Å². The van der Waals surface area contributed by atoms with Crippen LogP contribution in [0.5, 0.6) is 0 Å². The Morgan fingerprint density at radius 1 is 1.28 bits per heavy atom. The van der Waals surface area contributed by atoms with Gasteiger partial charge in [-0.2, -0.15) is 0 Å². The first-order valence-corrected chi connectivity index (χ1v) is 9.91. The van der Waals surface area contributed by atoms with Crippen molar-refractivity contribution in [3.8, 4) is 0 Å². The molecule has 5 heterocycles. The molecule has 0 amide bonds. The minimum absolute atomic E-state index is 0.0402. The van der Waals surface area contributed by atoms with Crippen LogP contribution in [-0.2, 0) is 28.5 Å². The Morgan fingerprint density at radius 2 is 2.06 bits per heavy atom. The molecule has 0 radical (unpaired) electrons. The first kappa shape index (κ1) is 21.4. The first-order chi connectivity index (χ1) is 15.3. The van der Waals surface area contributed by atoms with E-state index in [1.54, 1.807) is 4.57 Å². The minimum Gasteiger partial charge on any atom is -0.467 e. The zero-order chi connectivity index (χ0) is 22.8. The maximum atomic E-state index is 12.0. The maximum absolute atomic E-state index is 12.0. The molecule has 14 heteroatoms. The van der Waals surface area contributed by atoms with E-state index in [4.69, 9.17) is 24.7 Å². The van der Waals surface area contributed by atoms with E-state index in [1.165, 1.54) is 19.8 Å². The predicted octanol–water partition coefficient (Wildman–Crippen LogP) is -2.54. The normalized spacial score (nSPS) is 41.3. The van der Waals surface area contributed by atoms with Crippen molar-refractivity contribution in [2.75, 3.05) is 20.0 Å². The van der Waals surface area contributed by atoms with Gasteiger partial charge in [0.15, 0.2) is 23.8 Å². The Labute approximate surface area is 180 Å². The Bertz CT molecular complexity index is 1040. The second kappa shape index (κ2) is 7.55. The summed E-state index contributed by atoms with van der Waals surface area (Å²) in [7, 11) is 2.57. The molecule has 14 nitrogen and oxygen atoms in total. The first-order valence-electron chi connectivity index (χ1n) is 9.91. The summed E-state index contributed by atoms with van der Waals surface area (Å²) in [6.45, 7) is 0. The van der Waals surface area contributed by atoms with E-state index in [0.29, 0.717) is 11.2 Å². The molecule has 0 aliphatic carbocycles. The summed E-state index contributed by atoms with van der Waals surface area (Å²) in [5.41, 5.74) is 6.66. The molecule has 3 saturated heterocycles. The zero-order valence-electron chi connectivity index (χ0n) is 17.1. The van der Waals surface area contributed by atoms with Gasteiger partial charge in [0.1, 0.15) is 42.4 Å². The van der Waals surface area contributed by atoms with Gasteiger partial charge in [-0.25, -0.2) is 19.7 Å². The number of aliphatic hydroxyl groups excluding tert-OH is 2. The lowest BCUT2D eigenvalue weighted by atomic mass is 9.84. The van der Waals surface area contributed by atoms with Crippen molar-refractivity contribution in [1.29, 1.82) is 0 Å². The lowest BCUT2D eigenvalue weighted by molar-refractivity contribution is -0.397. The van der Waals surface area contributed by atoms with Crippen LogP contribution in [-0.4, -0.2) is 104 Å². The number of carbonyl (C=O) groups excluding carboxylic acids is 1. The summed E-state index contributed by atoms with van der Waals surface area (Å²) in [5.74, 6) is -2.99. The highest BCUT2D eigenvalue weighted by Gasteiger charge is 2.65. The van der Waals surface area contributed by atoms with Crippen molar-refractivity contribution >= 4 is 23.0 Å². The van der Waals surface area contributed by atoms with Gasteiger partial charge < -0.3 is 44.7 Å². The highest BCUT2D eigenvalue weighted by Crippen LogP contribution is 2.46. The molecule has 0 bridgehead atoms. The topological polar surface area (TPSA) is 194 Å². The Balaban J connectivity index is 1.47. The number of carbonyl (C=O) groups is 1. The second-order valence-corrected chi connectivity index (χ2v) is 7.92. The summed E-state index contributed by atoms with van der Waals surface area (Å²) in [4.78, 5) is 24.3. The van der Waals surface area contributed by atoms with E-state index >= 15 is 0 Å². The van der Waals surface area contributed by atoms with Gasteiger partial charge in [-0.3, -0.25) is 4.57 Å². The lowest BCUT2D eigenvalue weighted by Crippen LogP contribution is -2.72. The van der Waals surface area contributed by atoms with Crippen molar-refractivity contribution < 1.29 is 43.8 Å². The van der Waals surface area contributed by atoms with Gasteiger partial charge in [-0.15, -0.1) is 0 Å². The van der Waals surface area contributed by atoms with Crippen LogP contribution in [0.4, 0.5) is 5.82 Å². The summed E-state index contributed by atoms with van der Waals surface area (Å²) in [5, 5.41) is 32.1. The number of rotatable bonds is 3. The third-order valence-corrected chi connectivity index (χ3v) is 6.25. The average Bonchev–Trinajstić information content (AvgIpc) is 3.36. The number of aliphatic hydroxyl groups is 3. The second-order valence-electron chi connectivity index (χ2n) is 7.92. The van der Waals surface area contributed by atoms with Crippen LogP contribution in [0.25, 0.3) is 11.2 Å². The number of ether oxygens (including phenoxy) is 5. The highest BCUT2D eigenvalue weighted by atomic mass is 16.7. The van der Waals surface area contributed by atoms with Gasteiger partial charge in [-0.1, -0.05) is 0 Å². The molecule has 0 spiro atoms. The standard InChI is InChI=1S/C18H23N5O9/c1-28-12-10-6(30-16(12)23-5-22-8-14(19)20-4-21-15(8)23)3-7-18(27,32-10)13(25)9(24)11(31-7)17(26)29-2/h4-7,9-13,16,24-25,27H,3H2,1-2H3,(H2,19,20,21)/t6-,7-,9-,10+,11+,12-,13+,16?,18-/m1/s1. The van der Waals surface area contributed by atoms with Crippen molar-refractivity contribution in [1.82, 2.24) is 19.5 Å². The molecule has 174 valence electrons. The monoisotopic (exact) mass is 453 g/mol. The number of nitrogens with two attached hydrogens (primary N) is 1. The van der Waals surface area contributed by atoms with E-state index in [2.05, 4.69) is 19.7 Å². The number of nitrogens with zero attached hydrogens (tertiary/aromatic N) is 4. The van der Waals surface area contributed by atoms with Crippen LogP contribution in [0, 0.1) is 0 Å². The van der Waals surface area contributed by atoms with Crippen LogP contribution >= 0.6 is 0 Å². The number of esters is 1. The van der Waals surface area contributed by atoms with Crippen LogP contribution in [0.1, 0.15) is 12.6 Å². The van der Waals surface area contributed by atoms with Crippen molar-refractivity contribution in [2.45, 2.75) is 61.2 Å². The SMILES string of the molecule is COC(=O)[C@H]1O[C@@H]2C[C@H]3OC(n4cnc5c(N)ncnc54)[C@H](OC)[C@H]3O[C@@]2(O)[C@@H](O)[C@@H]1O. The zero-order valence-corrected chi connectivity index (χ0v) is 17.1. The van der Waals surface area contributed by atoms with E-state index in [0.717, 1.165) is 7.11 Å². The van der Waals surface area contributed by atoms with Crippen LogP contribution in [0.15, 0.2) is 12.7 Å². The molecular weight excluding hydrogens is 430 g/mol. The van der Waals surface area contributed by atoms with Gasteiger partial charge in [0, 0.05) is 13.5 Å². The molecule has 5 N–H and O–H groups in total. The third-order valence-electron chi connectivity index (χ3n) is 6.25. The molecule has 5 rings (SSSR count). The Kier molecular flexibility index (Phi) is 5.05. The summed E-state index contributed by atoms with van der Waals surface area (Å²) < 4.78 is 29.4. The van der Waals surface area contributed by atoms with Crippen LogP contribution in [0.2, 0.25) is 0 Å². The summed E-state index contributed by atoms with van der Waals surface area (Å²) in [6.07, 6.45) is -6.47. The van der Waals surface area contributed by atoms with E-state index < -0.39 is 60.7 Å². The largest absolute Gasteiger partial charge is 0.467 e. The van der Waals surface area contributed by atoms with E-state index in [9.17, 15) is 20.1 Å². The molecule has 3 aliphatic heterocycles. The molecule has 32 heavy (non-hydrogen) atoms. The van der Waals surface area contributed by atoms with Gasteiger partial charge in [0.25, 0.3) is 0 Å². The van der Waals surface area contributed by atoms with E-state index in [1.807, 2.05) is 0 Å². The van der Waals surface area contributed by atoms with Gasteiger partial charge >= 0.3 is 5.97 Å². The highest BCUT2D eigenvalue weighted by molar-refractivity contribution is 5.81. The molecule has 2 aromatic heterocycles. The number of methoxy groups -OCH3 is 2. The lowest BCUT2D eigenvalue weighted by Gasteiger charge is -2.52. The molecule has 2 aromatic rings. The van der Waals surface area contributed by atoms with Gasteiger partial charge in [0.2, 0.25) is 5.79 Å². The minimum atomic E-state index is -2.30. The quantitative estimate of drug-likeness (QED) is 0.355. The third kappa shape index (κ3) is 2.92. The molecule has 3 fully saturated rings. The number of fused-ring (bicyclic) bond motifs is 3. The van der Waals surface area contributed by atoms with E-state index in [-0.39, 0.29) is 12.2 Å². The smallest absolute Gasteiger partial charge is 0.337 e.